The molecule has 1 saturated heterocycles. The summed E-state index contributed by atoms with van der Waals surface area (Å²) in [6.45, 7) is 1.75. The molecule has 1 atom stereocenters. The third-order valence-corrected chi connectivity index (χ3v) is 2.32. The smallest absolute Gasteiger partial charge is 0.272 e. The van der Waals surface area contributed by atoms with Crippen LogP contribution in [0.2, 0.25) is 0 Å². The summed E-state index contributed by atoms with van der Waals surface area (Å²) >= 11 is 0. The van der Waals surface area contributed by atoms with Gasteiger partial charge in [-0.15, -0.1) is 9.35 Å². The van der Waals surface area contributed by atoms with Crippen LogP contribution in [0.25, 0.3) is 0 Å². The molecule has 0 aromatic heterocycles. The summed E-state index contributed by atoms with van der Waals surface area (Å²) in [5.74, 6) is -1.64. The molecule has 1 heterocycles. The molecule has 1 aliphatic rings. The Morgan fingerprint density at radius 1 is 1.50 bits per heavy atom. The third kappa shape index (κ3) is 2.30. The van der Waals surface area contributed by atoms with Gasteiger partial charge in [-0.1, -0.05) is 6.92 Å². The number of rotatable bonds is 3. The maximum Gasteiger partial charge on any atom is 0.285 e. The van der Waals surface area contributed by atoms with E-state index in [4.69, 9.17) is 0 Å². The molecule has 14 heavy (non-hydrogen) atoms. The van der Waals surface area contributed by atoms with Crippen LogP contribution in [0, 0.1) is 5.92 Å². The van der Waals surface area contributed by atoms with Crippen LogP contribution in [0.15, 0.2) is 0 Å². The Bertz CT molecular complexity index is 360. The normalized spacial score (nSPS) is 23.3. The molecule has 0 bridgehead atoms. The molecular weight excluding hydrogens is 210 g/mol. The van der Waals surface area contributed by atoms with E-state index in [2.05, 4.69) is 4.28 Å². The summed E-state index contributed by atoms with van der Waals surface area (Å²) in [6, 6.07) is 0. The lowest BCUT2D eigenvalue weighted by atomic mass is 10.1. The summed E-state index contributed by atoms with van der Waals surface area (Å²) in [7, 11) is -3.82. The van der Waals surface area contributed by atoms with Crippen molar-refractivity contribution in [2.24, 2.45) is 5.92 Å². The van der Waals surface area contributed by atoms with Gasteiger partial charge in [0.15, 0.2) is 0 Å². The number of hydroxylamine groups is 2. The first kappa shape index (κ1) is 11.1. The Balaban J connectivity index is 2.81. The van der Waals surface area contributed by atoms with Crippen LogP contribution in [0.1, 0.15) is 19.8 Å². The van der Waals surface area contributed by atoms with Crippen molar-refractivity contribution in [2.75, 3.05) is 6.26 Å². The fourth-order valence-corrected chi connectivity index (χ4v) is 1.63. The first-order valence-corrected chi connectivity index (χ1v) is 5.93. The van der Waals surface area contributed by atoms with Crippen LogP contribution in [0.3, 0.4) is 0 Å². The fourth-order valence-electron chi connectivity index (χ4n) is 1.20. The summed E-state index contributed by atoms with van der Waals surface area (Å²) in [4.78, 5) is 22.5. The molecule has 0 radical (unpaired) electrons. The van der Waals surface area contributed by atoms with Gasteiger partial charge in [0.25, 0.3) is 21.9 Å². The van der Waals surface area contributed by atoms with Crippen molar-refractivity contribution in [2.45, 2.75) is 19.8 Å². The zero-order valence-electron chi connectivity index (χ0n) is 7.89. The molecule has 2 amide bonds. The number of nitrogens with zero attached hydrogens (tertiary/aromatic N) is 1. The molecule has 0 aromatic carbocycles. The minimum absolute atomic E-state index is 0.0187. The minimum atomic E-state index is -3.82. The van der Waals surface area contributed by atoms with Crippen molar-refractivity contribution in [1.82, 2.24) is 5.06 Å². The molecule has 7 heteroatoms. The summed E-state index contributed by atoms with van der Waals surface area (Å²) < 4.78 is 25.7. The molecule has 1 aliphatic heterocycles. The molecule has 1 rings (SSSR count). The predicted octanol–water partition coefficient (Wildman–Crippen LogP) is -0.337. The van der Waals surface area contributed by atoms with E-state index in [1.807, 2.05) is 0 Å². The highest BCUT2D eigenvalue weighted by Crippen LogP contribution is 2.23. The Morgan fingerprint density at radius 3 is 2.43 bits per heavy atom. The van der Waals surface area contributed by atoms with Gasteiger partial charge in [0.05, 0.1) is 6.26 Å². The lowest BCUT2D eigenvalue weighted by Crippen LogP contribution is -2.32. The fraction of sp³-hybridized carbons (Fsp3) is 0.714. The van der Waals surface area contributed by atoms with Gasteiger partial charge < -0.3 is 0 Å². The molecule has 0 spiro atoms. The van der Waals surface area contributed by atoms with Crippen LogP contribution in [0.4, 0.5) is 0 Å². The van der Waals surface area contributed by atoms with Gasteiger partial charge in [0.1, 0.15) is 0 Å². The second-order valence-electron chi connectivity index (χ2n) is 3.11. The highest BCUT2D eigenvalue weighted by atomic mass is 32.2. The average molecular weight is 221 g/mol. The predicted molar refractivity (Wildman–Crippen MR) is 46.2 cm³/mol. The topological polar surface area (TPSA) is 80.8 Å². The molecule has 0 N–H and O–H groups in total. The first-order chi connectivity index (χ1) is 6.35. The Labute approximate surface area is 81.9 Å². The number of carbonyl (C=O) groups is 2. The van der Waals surface area contributed by atoms with Crippen LogP contribution >= 0.6 is 0 Å². The van der Waals surface area contributed by atoms with Gasteiger partial charge in [0, 0.05) is 12.3 Å². The monoisotopic (exact) mass is 221 g/mol. The van der Waals surface area contributed by atoms with Gasteiger partial charge in [-0.2, -0.15) is 8.42 Å². The van der Waals surface area contributed by atoms with Crippen LogP contribution in [-0.2, 0) is 24.0 Å². The molecule has 0 saturated carbocycles. The van der Waals surface area contributed by atoms with E-state index in [0.717, 1.165) is 6.26 Å². The molecule has 0 aliphatic carbocycles. The quantitative estimate of drug-likeness (QED) is 0.609. The number of hydrogen-bond donors (Lipinski definition) is 0. The molecule has 0 aromatic rings. The Kier molecular flexibility index (Phi) is 2.91. The molecular formula is C7H11NO5S. The number of imide groups is 1. The molecule has 1 unspecified atom stereocenters. The number of hydrogen-bond acceptors (Lipinski definition) is 5. The van der Waals surface area contributed by atoms with Gasteiger partial charge in [-0.3, -0.25) is 9.59 Å². The summed E-state index contributed by atoms with van der Waals surface area (Å²) in [5.41, 5.74) is 0. The lowest BCUT2D eigenvalue weighted by Gasteiger charge is -2.11. The lowest BCUT2D eigenvalue weighted by molar-refractivity contribution is -0.164. The van der Waals surface area contributed by atoms with E-state index in [-0.39, 0.29) is 6.42 Å². The van der Waals surface area contributed by atoms with Crippen molar-refractivity contribution in [3.63, 3.8) is 0 Å². The van der Waals surface area contributed by atoms with Gasteiger partial charge >= 0.3 is 0 Å². The highest BCUT2D eigenvalue weighted by molar-refractivity contribution is 7.85. The second-order valence-corrected chi connectivity index (χ2v) is 4.67. The average Bonchev–Trinajstić information content (AvgIpc) is 2.29. The third-order valence-electron chi connectivity index (χ3n) is 1.90. The van der Waals surface area contributed by atoms with Crippen LogP contribution in [0.5, 0.6) is 0 Å². The van der Waals surface area contributed by atoms with E-state index in [1.165, 1.54) is 0 Å². The van der Waals surface area contributed by atoms with Crippen LogP contribution in [-0.4, -0.2) is 31.6 Å². The summed E-state index contributed by atoms with van der Waals surface area (Å²) in [6.07, 6.45) is 1.30. The van der Waals surface area contributed by atoms with E-state index in [0.29, 0.717) is 11.5 Å². The van der Waals surface area contributed by atoms with Gasteiger partial charge in [-0.25, -0.2) is 0 Å². The van der Waals surface area contributed by atoms with Gasteiger partial charge in [0.2, 0.25) is 0 Å². The highest BCUT2D eigenvalue weighted by Gasteiger charge is 2.40. The first-order valence-electron chi connectivity index (χ1n) is 4.11. The van der Waals surface area contributed by atoms with Crippen LogP contribution < -0.4 is 0 Å². The maximum atomic E-state index is 11.3. The maximum absolute atomic E-state index is 11.3. The SMILES string of the molecule is CCC1CC(=O)N(OS(C)(=O)=O)C1=O. The Hall–Kier alpha value is -0.950. The zero-order chi connectivity index (χ0) is 10.9. The van der Waals surface area contributed by atoms with E-state index in [9.17, 15) is 18.0 Å². The summed E-state index contributed by atoms with van der Waals surface area (Å²) in [5, 5.41) is 0.337. The number of carbonyl (C=O) groups excluding carboxylic acids is 2. The number of amides is 2. The van der Waals surface area contributed by atoms with E-state index >= 15 is 0 Å². The van der Waals surface area contributed by atoms with Crippen molar-refractivity contribution in [1.29, 1.82) is 0 Å². The Morgan fingerprint density at radius 2 is 2.07 bits per heavy atom. The second kappa shape index (κ2) is 3.66. The van der Waals surface area contributed by atoms with Crippen molar-refractivity contribution < 1.29 is 22.3 Å². The van der Waals surface area contributed by atoms with Crippen molar-refractivity contribution in [3.05, 3.63) is 0 Å². The van der Waals surface area contributed by atoms with Crippen molar-refractivity contribution >= 4 is 21.9 Å². The standard InChI is InChI=1S/C7H11NO5S/c1-3-5-4-6(9)8(7(5)10)13-14(2,11)12/h5H,3-4H2,1-2H3. The largest absolute Gasteiger partial charge is 0.285 e. The zero-order valence-corrected chi connectivity index (χ0v) is 8.70. The molecule has 6 nitrogen and oxygen atoms in total. The van der Waals surface area contributed by atoms with Gasteiger partial charge in [-0.05, 0) is 6.42 Å². The van der Waals surface area contributed by atoms with E-state index in [1.54, 1.807) is 6.92 Å². The molecule has 1 fully saturated rings. The van der Waals surface area contributed by atoms with Crippen molar-refractivity contribution in [3.8, 4) is 0 Å². The minimum Gasteiger partial charge on any atom is -0.272 e. The van der Waals surface area contributed by atoms with E-state index < -0.39 is 27.9 Å². The molecule has 80 valence electrons.